The average Bonchev–Trinajstić information content (AvgIpc) is 2.70. The van der Waals surface area contributed by atoms with Crippen molar-refractivity contribution < 1.29 is 17.9 Å². The lowest BCUT2D eigenvalue weighted by Crippen LogP contribution is -2.22. The normalized spacial score (nSPS) is 23.6. The van der Waals surface area contributed by atoms with Gasteiger partial charge in [0.05, 0.1) is 6.10 Å². The Labute approximate surface area is 108 Å². The summed E-state index contributed by atoms with van der Waals surface area (Å²) in [6, 6.07) is 1.29. The second-order valence-corrected chi connectivity index (χ2v) is 4.50. The molecule has 1 aliphatic heterocycles. The summed E-state index contributed by atoms with van der Waals surface area (Å²) in [4.78, 5) is 6.60. The van der Waals surface area contributed by atoms with Gasteiger partial charge in [-0.25, -0.2) is 9.97 Å². The third-order valence-electron chi connectivity index (χ3n) is 3.08. The van der Waals surface area contributed by atoms with E-state index in [9.17, 15) is 13.2 Å². The molecular weight excluding hydrogens is 261 g/mol. The lowest BCUT2D eigenvalue weighted by Gasteiger charge is -2.16. The molecule has 0 radical (unpaired) electrons. The molecule has 1 saturated heterocycles. The summed E-state index contributed by atoms with van der Waals surface area (Å²) >= 11 is 0. The van der Waals surface area contributed by atoms with E-state index < -0.39 is 12.0 Å². The molecule has 2 atom stereocenters. The summed E-state index contributed by atoms with van der Waals surface area (Å²) in [7, 11) is 0. The Bertz CT molecular complexity index is 452. The van der Waals surface area contributed by atoms with Gasteiger partial charge in [-0.05, 0) is 13.3 Å². The van der Waals surface area contributed by atoms with Gasteiger partial charge in [0.15, 0.2) is 0 Å². The molecule has 5 nitrogen and oxygen atoms in total. The number of nitrogens with zero attached hydrogens (tertiary/aromatic N) is 2. The topological polar surface area (TPSA) is 73.1 Å². The second kappa shape index (κ2) is 5.20. The first-order valence-corrected chi connectivity index (χ1v) is 5.93. The molecule has 0 amide bonds. The van der Waals surface area contributed by atoms with Crippen LogP contribution in [0.4, 0.5) is 24.8 Å². The van der Waals surface area contributed by atoms with Gasteiger partial charge in [-0.15, -0.1) is 0 Å². The van der Waals surface area contributed by atoms with E-state index in [1.807, 2.05) is 6.92 Å². The number of rotatable bonds is 3. The van der Waals surface area contributed by atoms with Gasteiger partial charge in [0.1, 0.15) is 11.6 Å². The molecule has 0 bridgehead atoms. The van der Waals surface area contributed by atoms with Crippen molar-refractivity contribution in [3.8, 4) is 0 Å². The Balaban J connectivity index is 2.06. The molecule has 0 aliphatic carbocycles. The predicted molar refractivity (Wildman–Crippen MR) is 63.5 cm³/mol. The van der Waals surface area contributed by atoms with Gasteiger partial charge in [0.2, 0.25) is 5.82 Å². The van der Waals surface area contributed by atoms with Crippen LogP contribution in [-0.4, -0.2) is 29.2 Å². The number of anilines is 2. The maximum Gasteiger partial charge on any atom is 0.451 e. The highest BCUT2D eigenvalue weighted by atomic mass is 19.4. The van der Waals surface area contributed by atoms with Crippen molar-refractivity contribution in [2.45, 2.75) is 25.6 Å². The average molecular weight is 276 g/mol. The fraction of sp³-hybridized carbons (Fsp3) is 0.636. The summed E-state index contributed by atoms with van der Waals surface area (Å²) < 4.78 is 42.9. The monoisotopic (exact) mass is 276 g/mol. The van der Waals surface area contributed by atoms with Crippen molar-refractivity contribution in [3.63, 3.8) is 0 Å². The standard InChI is InChI=1S/C11H15F3N4O/c1-6-7(2-3-19-6)5-16-9-4-8(15)17-10(18-9)11(12,13)14/h4,6-7H,2-3,5H2,1H3,(H3,15,16,17,18). The fourth-order valence-corrected chi connectivity index (χ4v) is 1.96. The molecule has 19 heavy (non-hydrogen) atoms. The smallest absolute Gasteiger partial charge is 0.384 e. The maximum atomic E-state index is 12.5. The van der Waals surface area contributed by atoms with Crippen LogP contribution in [0.3, 0.4) is 0 Å². The lowest BCUT2D eigenvalue weighted by molar-refractivity contribution is -0.144. The van der Waals surface area contributed by atoms with Gasteiger partial charge in [0.25, 0.3) is 0 Å². The van der Waals surface area contributed by atoms with E-state index in [2.05, 4.69) is 15.3 Å². The second-order valence-electron chi connectivity index (χ2n) is 4.50. The van der Waals surface area contributed by atoms with E-state index in [0.717, 1.165) is 6.42 Å². The molecule has 2 rings (SSSR count). The van der Waals surface area contributed by atoms with Crippen molar-refractivity contribution in [2.24, 2.45) is 5.92 Å². The summed E-state index contributed by atoms with van der Waals surface area (Å²) in [5.74, 6) is -1.10. The van der Waals surface area contributed by atoms with Crippen LogP contribution >= 0.6 is 0 Å². The van der Waals surface area contributed by atoms with E-state index in [0.29, 0.717) is 13.2 Å². The van der Waals surface area contributed by atoms with E-state index in [1.54, 1.807) is 0 Å². The van der Waals surface area contributed by atoms with Gasteiger partial charge >= 0.3 is 6.18 Å². The zero-order valence-electron chi connectivity index (χ0n) is 10.4. The Morgan fingerprint density at radius 1 is 1.47 bits per heavy atom. The Morgan fingerprint density at radius 2 is 2.21 bits per heavy atom. The third kappa shape index (κ3) is 3.46. The molecule has 106 valence electrons. The SMILES string of the molecule is CC1OCCC1CNc1cc(N)nc(C(F)(F)F)n1. The van der Waals surface area contributed by atoms with Crippen LogP contribution in [0.5, 0.6) is 0 Å². The zero-order chi connectivity index (χ0) is 14.0. The van der Waals surface area contributed by atoms with Crippen LogP contribution in [0.15, 0.2) is 6.07 Å². The van der Waals surface area contributed by atoms with Crippen molar-refractivity contribution in [1.82, 2.24) is 9.97 Å². The quantitative estimate of drug-likeness (QED) is 0.882. The Hall–Kier alpha value is -1.57. The fourth-order valence-electron chi connectivity index (χ4n) is 1.96. The number of ether oxygens (including phenoxy) is 1. The van der Waals surface area contributed by atoms with E-state index in [1.165, 1.54) is 6.07 Å². The molecule has 1 aliphatic rings. The molecule has 0 saturated carbocycles. The van der Waals surface area contributed by atoms with Gasteiger partial charge in [-0.2, -0.15) is 13.2 Å². The molecular formula is C11H15F3N4O. The third-order valence-corrected chi connectivity index (χ3v) is 3.08. The molecule has 0 spiro atoms. The lowest BCUT2D eigenvalue weighted by atomic mass is 10.0. The van der Waals surface area contributed by atoms with Crippen LogP contribution in [0.2, 0.25) is 0 Å². The largest absolute Gasteiger partial charge is 0.451 e. The van der Waals surface area contributed by atoms with Gasteiger partial charge in [0, 0.05) is 25.1 Å². The molecule has 1 aromatic rings. The zero-order valence-corrected chi connectivity index (χ0v) is 10.4. The number of hydrogen-bond acceptors (Lipinski definition) is 5. The minimum Gasteiger partial charge on any atom is -0.384 e. The summed E-state index contributed by atoms with van der Waals surface area (Å²) in [6.45, 7) is 3.11. The van der Waals surface area contributed by atoms with E-state index >= 15 is 0 Å². The van der Waals surface area contributed by atoms with Crippen molar-refractivity contribution in [3.05, 3.63) is 11.9 Å². The van der Waals surface area contributed by atoms with Gasteiger partial charge in [-0.3, -0.25) is 0 Å². The van der Waals surface area contributed by atoms with Crippen molar-refractivity contribution in [1.29, 1.82) is 0 Å². The number of hydrogen-bond donors (Lipinski definition) is 2. The number of aromatic nitrogens is 2. The minimum atomic E-state index is -4.60. The minimum absolute atomic E-state index is 0.0823. The summed E-state index contributed by atoms with van der Waals surface area (Å²) in [5.41, 5.74) is 5.35. The van der Waals surface area contributed by atoms with Gasteiger partial charge < -0.3 is 15.8 Å². The molecule has 2 heterocycles. The first-order chi connectivity index (χ1) is 8.86. The molecule has 3 N–H and O–H groups in total. The van der Waals surface area contributed by atoms with Crippen molar-refractivity contribution >= 4 is 11.6 Å². The van der Waals surface area contributed by atoms with Crippen LogP contribution in [0, 0.1) is 5.92 Å². The number of nitrogens with one attached hydrogen (secondary N) is 1. The molecule has 8 heteroatoms. The maximum absolute atomic E-state index is 12.5. The molecule has 1 fully saturated rings. The number of nitrogen functional groups attached to an aromatic ring is 1. The Kier molecular flexibility index (Phi) is 3.79. The highest BCUT2D eigenvalue weighted by Crippen LogP contribution is 2.28. The highest BCUT2D eigenvalue weighted by Gasteiger charge is 2.35. The summed E-state index contributed by atoms with van der Waals surface area (Å²) in [6.07, 6.45) is -3.63. The molecule has 0 aromatic carbocycles. The Morgan fingerprint density at radius 3 is 2.79 bits per heavy atom. The molecule has 1 aromatic heterocycles. The van der Waals surface area contributed by atoms with Gasteiger partial charge in [-0.1, -0.05) is 0 Å². The van der Waals surface area contributed by atoms with E-state index in [4.69, 9.17) is 10.5 Å². The van der Waals surface area contributed by atoms with Crippen molar-refractivity contribution in [2.75, 3.05) is 24.2 Å². The number of alkyl halides is 3. The number of halogens is 3. The molecule has 2 unspecified atom stereocenters. The van der Waals surface area contributed by atoms with Crippen LogP contribution < -0.4 is 11.1 Å². The van der Waals surface area contributed by atoms with Crippen LogP contribution in [0.1, 0.15) is 19.2 Å². The van der Waals surface area contributed by atoms with Crippen LogP contribution in [0.25, 0.3) is 0 Å². The summed E-state index contributed by atoms with van der Waals surface area (Å²) in [5, 5.41) is 2.86. The first-order valence-electron chi connectivity index (χ1n) is 5.93. The number of nitrogens with two attached hydrogens (primary N) is 1. The van der Waals surface area contributed by atoms with E-state index in [-0.39, 0.29) is 23.7 Å². The van der Waals surface area contributed by atoms with Crippen LogP contribution in [-0.2, 0) is 10.9 Å². The first kappa shape index (κ1) is 13.9. The highest BCUT2D eigenvalue weighted by molar-refractivity contribution is 5.45. The predicted octanol–water partition coefficient (Wildman–Crippen LogP) is 1.91.